The van der Waals surface area contributed by atoms with Gasteiger partial charge in [-0.05, 0) is 50.8 Å². The van der Waals surface area contributed by atoms with Crippen LogP contribution in [0.25, 0.3) is 0 Å². The molecule has 2 aromatic carbocycles. The molecule has 0 fully saturated rings. The number of likely N-dealkylation sites (N-methyl/N-ethyl adjacent to an activating group) is 2. The van der Waals surface area contributed by atoms with Crippen LogP contribution in [-0.2, 0) is 9.59 Å². The van der Waals surface area contributed by atoms with Crippen molar-refractivity contribution in [2.24, 2.45) is 0 Å². The highest BCUT2D eigenvalue weighted by Gasteiger charge is 2.43. The van der Waals surface area contributed by atoms with Crippen LogP contribution in [0.15, 0.2) is 65.9 Å². The Hall–Kier alpha value is -3.85. The first kappa shape index (κ1) is 25.2. The molecule has 2 N–H and O–H groups in total. The van der Waals surface area contributed by atoms with E-state index in [1.807, 2.05) is 80.5 Å². The molecule has 2 aliphatic rings. The van der Waals surface area contributed by atoms with Crippen molar-refractivity contribution in [2.45, 2.75) is 19.4 Å². The van der Waals surface area contributed by atoms with Crippen LogP contribution in [0, 0.1) is 0 Å². The van der Waals surface area contributed by atoms with Crippen molar-refractivity contribution in [1.82, 2.24) is 25.3 Å². The molecule has 0 saturated heterocycles. The van der Waals surface area contributed by atoms with Gasteiger partial charge in [0.15, 0.2) is 0 Å². The van der Waals surface area contributed by atoms with Gasteiger partial charge in [0.1, 0.15) is 11.5 Å². The van der Waals surface area contributed by atoms with Crippen LogP contribution >= 0.6 is 0 Å². The number of urea groups is 1. The molecule has 9 nitrogen and oxygen atoms in total. The highest BCUT2D eigenvalue weighted by molar-refractivity contribution is 6.01. The van der Waals surface area contributed by atoms with Crippen molar-refractivity contribution < 1.29 is 19.1 Å². The first-order valence-corrected chi connectivity index (χ1v) is 12.2. The van der Waals surface area contributed by atoms with Crippen LogP contribution in [0.3, 0.4) is 0 Å². The summed E-state index contributed by atoms with van der Waals surface area (Å²) in [6.07, 6.45) is 0.207. The number of benzene rings is 2. The molecule has 4 rings (SSSR count). The number of rotatable bonds is 10. The Labute approximate surface area is 211 Å². The van der Waals surface area contributed by atoms with Crippen LogP contribution < -0.4 is 15.4 Å². The maximum atomic E-state index is 13.5. The molecule has 0 radical (unpaired) electrons. The quantitative estimate of drug-likeness (QED) is 0.533. The number of carbonyl (C=O) groups is 3. The van der Waals surface area contributed by atoms with Gasteiger partial charge in [0.2, 0.25) is 5.91 Å². The predicted molar refractivity (Wildman–Crippen MR) is 136 cm³/mol. The topological polar surface area (TPSA) is 94.2 Å². The maximum Gasteiger partial charge on any atom is 0.322 e. The number of ether oxygens (including phenoxy) is 1. The second-order valence-corrected chi connectivity index (χ2v) is 9.10. The summed E-state index contributed by atoms with van der Waals surface area (Å²) < 4.78 is 5.97. The Morgan fingerprint density at radius 3 is 2.58 bits per heavy atom. The van der Waals surface area contributed by atoms with Gasteiger partial charge in [0.05, 0.1) is 23.9 Å². The van der Waals surface area contributed by atoms with Gasteiger partial charge in [-0.1, -0.05) is 30.3 Å². The maximum absolute atomic E-state index is 13.5. The van der Waals surface area contributed by atoms with E-state index in [9.17, 15) is 14.4 Å². The summed E-state index contributed by atoms with van der Waals surface area (Å²) in [5.41, 5.74) is 2.00. The third-order valence-electron chi connectivity index (χ3n) is 6.27. The number of para-hydroxylation sites is 1. The van der Waals surface area contributed by atoms with Crippen molar-refractivity contribution in [2.75, 3.05) is 46.8 Å². The van der Waals surface area contributed by atoms with E-state index in [0.717, 1.165) is 12.1 Å². The lowest BCUT2D eigenvalue weighted by Gasteiger charge is -2.33. The summed E-state index contributed by atoms with van der Waals surface area (Å²) in [7, 11) is 3.89. The third kappa shape index (κ3) is 5.68. The molecule has 2 aromatic rings. The Morgan fingerprint density at radius 1 is 1.11 bits per heavy atom. The first-order chi connectivity index (χ1) is 17.4. The SMILES string of the molecule is CCN1C(=O)N[C@H](c2cccc(Oc3ccccc3)c2)C2=C1CN(CCC(=O)NCCN(C)C)C2=O. The van der Waals surface area contributed by atoms with Crippen LogP contribution in [0.1, 0.15) is 24.9 Å². The summed E-state index contributed by atoms with van der Waals surface area (Å²) in [4.78, 5) is 44.0. The van der Waals surface area contributed by atoms with Gasteiger partial charge in [-0.25, -0.2) is 4.79 Å². The van der Waals surface area contributed by atoms with E-state index < -0.39 is 6.04 Å². The van der Waals surface area contributed by atoms with E-state index in [-0.39, 0.29) is 30.8 Å². The number of nitrogens with one attached hydrogen (secondary N) is 2. The Bertz CT molecular complexity index is 1150. The van der Waals surface area contributed by atoms with Crippen LogP contribution in [0.5, 0.6) is 11.5 Å². The normalized spacial score (nSPS) is 17.4. The van der Waals surface area contributed by atoms with Gasteiger partial charge in [-0.2, -0.15) is 0 Å². The lowest BCUT2D eigenvalue weighted by atomic mass is 9.95. The summed E-state index contributed by atoms with van der Waals surface area (Å²) in [6, 6.07) is 16.0. The smallest absolute Gasteiger partial charge is 0.322 e. The first-order valence-electron chi connectivity index (χ1n) is 12.2. The van der Waals surface area contributed by atoms with Gasteiger partial charge in [0.25, 0.3) is 5.91 Å². The highest BCUT2D eigenvalue weighted by atomic mass is 16.5. The molecule has 0 aliphatic carbocycles. The van der Waals surface area contributed by atoms with E-state index >= 15 is 0 Å². The van der Waals surface area contributed by atoms with Gasteiger partial charge in [-0.15, -0.1) is 0 Å². The van der Waals surface area contributed by atoms with Gasteiger partial charge >= 0.3 is 6.03 Å². The fourth-order valence-corrected chi connectivity index (χ4v) is 4.44. The molecule has 0 unspecified atom stereocenters. The van der Waals surface area contributed by atoms with E-state index in [4.69, 9.17) is 4.74 Å². The molecule has 4 amide bonds. The second kappa shape index (κ2) is 11.3. The van der Waals surface area contributed by atoms with E-state index in [1.54, 1.807) is 9.80 Å². The van der Waals surface area contributed by atoms with Crippen LogP contribution in [0.4, 0.5) is 4.79 Å². The molecule has 2 heterocycles. The number of carbonyl (C=O) groups excluding carboxylic acids is 3. The van der Waals surface area contributed by atoms with Crippen molar-refractivity contribution in [3.05, 3.63) is 71.4 Å². The zero-order valence-corrected chi connectivity index (χ0v) is 21.0. The summed E-state index contributed by atoms with van der Waals surface area (Å²) in [5, 5.41) is 5.87. The lowest BCUT2D eigenvalue weighted by molar-refractivity contribution is -0.127. The largest absolute Gasteiger partial charge is 0.457 e. The number of amides is 4. The van der Waals surface area contributed by atoms with Crippen molar-refractivity contribution in [1.29, 1.82) is 0 Å². The Morgan fingerprint density at radius 2 is 1.86 bits per heavy atom. The molecule has 36 heavy (non-hydrogen) atoms. The highest BCUT2D eigenvalue weighted by Crippen LogP contribution is 2.37. The molecule has 0 aromatic heterocycles. The standard InChI is InChI=1S/C27H33N5O4/c1-4-32-22-18-31(15-13-23(33)28-14-16-30(2)3)26(34)24(22)25(29-27(32)35)19-9-8-12-21(17-19)36-20-10-6-5-7-11-20/h5-12,17,25H,4,13-16,18H2,1-3H3,(H,28,33)(H,29,35)/t25-/m1/s1. The molecular weight excluding hydrogens is 458 g/mol. The molecule has 0 bridgehead atoms. The van der Waals surface area contributed by atoms with Crippen molar-refractivity contribution in [3.63, 3.8) is 0 Å². The monoisotopic (exact) mass is 491 g/mol. The Kier molecular flexibility index (Phi) is 7.90. The summed E-state index contributed by atoms with van der Waals surface area (Å²) >= 11 is 0. The number of hydrogen-bond acceptors (Lipinski definition) is 5. The molecule has 0 saturated carbocycles. The van der Waals surface area contributed by atoms with Crippen LogP contribution in [-0.4, -0.2) is 79.4 Å². The molecule has 2 aliphatic heterocycles. The predicted octanol–water partition coefficient (Wildman–Crippen LogP) is 2.73. The minimum Gasteiger partial charge on any atom is -0.457 e. The fourth-order valence-electron chi connectivity index (χ4n) is 4.44. The van der Waals surface area contributed by atoms with Crippen molar-refractivity contribution >= 4 is 17.8 Å². The minimum atomic E-state index is -0.596. The van der Waals surface area contributed by atoms with E-state index in [2.05, 4.69) is 10.6 Å². The zero-order valence-electron chi connectivity index (χ0n) is 21.0. The van der Waals surface area contributed by atoms with Gasteiger partial charge in [-0.3, -0.25) is 14.5 Å². The summed E-state index contributed by atoms with van der Waals surface area (Å²) in [6.45, 7) is 4.22. The molecule has 9 heteroatoms. The minimum absolute atomic E-state index is 0.0987. The molecule has 190 valence electrons. The third-order valence-corrected chi connectivity index (χ3v) is 6.27. The fraction of sp³-hybridized carbons (Fsp3) is 0.370. The zero-order chi connectivity index (χ0) is 25.7. The average molecular weight is 492 g/mol. The van der Waals surface area contributed by atoms with E-state index in [0.29, 0.717) is 42.4 Å². The molecular formula is C27H33N5O4. The van der Waals surface area contributed by atoms with Gasteiger partial charge < -0.3 is 25.2 Å². The van der Waals surface area contributed by atoms with Gasteiger partial charge in [0, 0.05) is 32.6 Å². The number of hydrogen-bond donors (Lipinski definition) is 2. The lowest BCUT2D eigenvalue weighted by Crippen LogP contribution is -2.47. The Balaban J connectivity index is 1.51. The van der Waals surface area contributed by atoms with Crippen molar-refractivity contribution in [3.8, 4) is 11.5 Å². The van der Waals surface area contributed by atoms with E-state index in [1.165, 1.54) is 0 Å². The molecule has 1 atom stereocenters. The second-order valence-electron chi connectivity index (χ2n) is 9.10. The average Bonchev–Trinajstić information content (AvgIpc) is 3.18. The summed E-state index contributed by atoms with van der Waals surface area (Å²) in [5.74, 6) is 1.05. The molecule has 0 spiro atoms. The van der Waals surface area contributed by atoms with Crippen LogP contribution in [0.2, 0.25) is 0 Å². The number of nitrogens with zero attached hydrogens (tertiary/aromatic N) is 3.